The lowest BCUT2D eigenvalue weighted by molar-refractivity contribution is 0.460. The van der Waals surface area contributed by atoms with Gasteiger partial charge in [0.25, 0.3) is 0 Å². The van der Waals surface area contributed by atoms with Crippen molar-refractivity contribution in [3.05, 3.63) is 102 Å². The van der Waals surface area contributed by atoms with Crippen LogP contribution in [0.2, 0.25) is 0 Å². The van der Waals surface area contributed by atoms with Crippen molar-refractivity contribution in [2.45, 2.75) is 12.0 Å². The second kappa shape index (κ2) is 7.14. The summed E-state index contributed by atoms with van der Waals surface area (Å²) in [5, 5.41) is 8.29. The topological polar surface area (TPSA) is 82.5 Å². The van der Waals surface area contributed by atoms with E-state index < -0.39 is 0 Å². The maximum atomic E-state index is 5.89. The molecule has 0 aliphatic carbocycles. The van der Waals surface area contributed by atoms with E-state index in [-0.39, 0.29) is 12.0 Å². The molecule has 1 atom stereocenters. The van der Waals surface area contributed by atoms with Gasteiger partial charge in [0, 0.05) is 42.6 Å². The zero-order chi connectivity index (χ0) is 17.8. The van der Waals surface area contributed by atoms with Crippen LogP contribution in [0, 0.1) is 0 Å². The number of nitrogens with zero attached hydrogens (tertiary/aromatic N) is 5. The van der Waals surface area contributed by atoms with Crippen molar-refractivity contribution in [2.75, 3.05) is 5.73 Å². The first-order chi connectivity index (χ1) is 12.8. The zero-order valence-electron chi connectivity index (χ0n) is 14.1. The predicted molar refractivity (Wildman–Crippen MR) is 99.3 cm³/mol. The summed E-state index contributed by atoms with van der Waals surface area (Å²) in [5.74, 6) is -0.0253. The van der Waals surface area contributed by atoms with Gasteiger partial charge in [0.15, 0.2) is 0 Å². The minimum absolute atomic E-state index is 0.0253. The second-order valence-electron chi connectivity index (χ2n) is 6.04. The molecule has 26 heavy (non-hydrogen) atoms. The summed E-state index contributed by atoms with van der Waals surface area (Å²) in [6.45, 7) is 0. The number of benzene rings is 1. The molecular weight excluding hydrogens is 324 g/mol. The van der Waals surface area contributed by atoms with Crippen LogP contribution < -0.4 is 5.73 Å². The smallest absolute Gasteiger partial charge is 0.0896 e. The van der Waals surface area contributed by atoms with Gasteiger partial charge < -0.3 is 5.73 Å². The summed E-state index contributed by atoms with van der Waals surface area (Å²) >= 11 is 0. The minimum atomic E-state index is -0.105. The van der Waals surface area contributed by atoms with Gasteiger partial charge in [0.2, 0.25) is 0 Å². The Morgan fingerprint density at radius 1 is 0.769 bits per heavy atom. The molecule has 4 aromatic rings. The molecule has 1 aromatic carbocycles. The summed E-state index contributed by atoms with van der Waals surface area (Å²) in [4.78, 5) is 8.63. The minimum Gasteiger partial charge on any atom is -0.399 e. The highest BCUT2D eigenvalue weighted by Crippen LogP contribution is 2.38. The van der Waals surface area contributed by atoms with Crippen LogP contribution >= 0.6 is 0 Å². The molecule has 0 amide bonds. The van der Waals surface area contributed by atoms with E-state index in [1.165, 1.54) is 0 Å². The SMILES string of the molecule is Nc1ccc(C(C(c2cccnc2)c2cccnc2)n2ccnn2)cc1. The molecule has 0 aliphatic rings. The third-order valence-corrected chi connectivity index (χ3v) is 4.41. The highest BCUT2D eigenvalue weighted by Gasteiger charge is 2.29. The van der Waals surface area contributed by atoms with E-state index in [2.05, 4.69) is 32.4 Å². The molecule has 6 nitrogen and oxygen atoms in total. The van der Waals surface area contributed by atoms with E-state index in [1.54, 1.807) is 18.6 Å². The number of rotatable bonds is 5. The molecule has 0 spiro atoms. The molecule has 3 heterocycles. The first-order valence-electron chi connectivity index (χ1n) is 8.34. The van der Waals surface area contributed by atoms with Crippen LogP contribution in [0.1, 0.15) is 28.7 Å². The Morgan fingerprint density at radius 2 is 1.42 bits per heavy atom. The van der Waals surface area contributed by atoms with Gasteiger partial charge in [-0.3, -0.25) is 9.97 Å². The zero-order valence-corrected chi connectivity index (χ0v) is 14.1. The van der Waals surface area contributed by atoms with Gasteiger partial charge in [-0.25, -0.2) is 4.68 Å². The summed E-state index contributed by atoms with van der Waals surface area (Å²) in [6, 6.07) is 15.8. The van der Waals surface area contributed by atoms with Crippen LogP contribution in [0.5, 0.6) is 0 Å². The van der Waals surface area contributed by atoms with Gasteiger partial charge in [-0.05, 0) is 41.0 Å². The lowest BCUT2D eigenvalue weighted by atomic mass is 9.83. The van der Waals surface area contributed by atoms with Gasteiger partial charge in [-0.1, -0.05) is 29.5 Å². The Hall–Kier alpha value is -3.54. The quantitative estimate of drug-likeness (QED) is 0.564. The lowest BCUT2D eigenvalue weighted by Gasteiger charge is -2.28. The average Bonchev–Trinajstić information content (AvgIpc) is 3.22. The first kappa shape index (κ1) is 16.0. The van der Waals surface area contributed by atoms with Crippen LogP contribution in [0.4, 0.5) is 5.69 Å². The van der Waals surface area contributed by atoms with E-state index in [0.29, 0.717) is 0 Å². The van der Waals surface area contributed by atoms with Gasteiger partial charge in [-0.2, -0.15) is 0 Å². The molecule has 0 saturated heterocycles. The third-order valence-electron chi connectivity index (χ3n) is 4.41. The van der Waals surface area contributed by atoms with Gasteiger partial charge in [0.05, 0.1) is 12.2 Å². The van der Waals surface area contributed by atoms with Crippen molar-refractivity contribution >= 4 is 5.69 Å². The molecule has 0 radical (unpaired) electrons. The fourth-order valence-electron chi connectivity index (χ4n) is 3.23. The van der Waals surface area contributed by atoms with Crippen molar-refractivity contribution < 1.29 is 0 Å². The summed E-state index contributed by atoms with van der Waals surface area (Å²) in [6.07, 6.45) is 10.9. The Labute approximate surface area is 151 Å². The van der Waals surface area contributed by atoms with E-state index in [0.717, 1.165) is 22.4 Å². The fourth-order valence-corrected chi connectivity index (χ4v) is 3.23. The van der Waals surface area contributed by atoms with Gasteiger partial charge in [0.1, 0.15) is 0 Å². The number of pyridine rings is 2. The summed E-state index contributed by atoms with van der Waals surface area (Å²) < 4.78 is 1.87. The number of nitrogens with two attached hydrogens (primary N) is 1. The number of anilines is 1. The molecule has 2 N–H and O–H groups in total. The monoisotopic (exact) mass is 342 g/mol. The Morgan fingerprint density at radius 3 is 1.92 bits per heavy atom. The highest BCUT2D eigenvalue weighted by atomic mass is 15.4. The van der Waals surface area contributed by atoms with Crippen molar-refractivity contribution in [3.63, 3.8) is 0 Å². The van der Waals surface area contributed by atoms with Crippen LogP contribution in [0.25, 0.3) is 0 Å². The lowest BCUT2D eigenvalue weighted by Crippen LogP contribution is -2.21. The first-order valence-corrected chi connectivity index (χ1v) is 8.34. The van der Waals surface area contributed by atoms with E-state index in [9.17, 15) is 0 Å². The molecule has 0 aliphatic heterocycles. The fraction of sp³-hybridized carbons (Fsp3) is 0.100. The second-order valence-corrected chi connectivity index (χ2v) is 6.04. The van der Waals surface area contributed by atoms with Gasteiger partial charge >= 0.3 is 0 Å². The third kappa shape index (κ3) is 3.17. The largest absolute Gasteiger partial charge is 0.399 e. The molecule has 0 saturated carbocycles. The molecule has 6 heteroatoms. The maximum Gasteiger partial charge on any atom is 0.0896 e. The molecule has 0 fully saturated rings. The maximum absolute atomic E-state index is 5.89. The van der Waals surface area contributed by atoms with Gasteiger partial charge in [-0.15, -0.1) is 5.10 Å². The molecule has 0 bridgehead atoms. The van der Waals surface area contributed by atoms with Crippen molar-refractivity contribution in [1.82, 2.24) is 25.0 Å². The average molecular weight is 342 g/mol. The molecule has 3 aromatic heterocycles. The number of aromatic nitrogens is 5. The number of hydrogen-bond acceptors (Lipinski definition) is 5. The Kier molecular flexibility index (Phi) is 4.38. The van der Waals surface area contributed by atoms with E-state index in [1.807, 2.05) is 59.7 Å². The summed E-state index contributed by atoms with van der Waals surface area (Å²) in [5.41, 5.74) is 9.86. The predicted octanol–water partition coefficient (Wildman–Crippen LogP) is 3.07. The normalized spacial score (nSPS) is 12.2. The Bertz CT molecular complexity index is 897. The van der Waals surface area contributed by atoms with Crippen LogP contribution in [-0.4, -0.2) is 25.0 Å². The van der Waals surface area contributed by atoms with Crippen LogP contribution in [-0.2, 0) is 0 Å². The van der Waals surface area contributed by atoms with Crippen LogP contribution in [0.15, 0.2) is 85.7 Å². The van der Waals surface area contributed by atoms with Crippen LogP contribution in [0.3, 0.4) is 0 Å². The molecule has 4 rings (SSSR count). The summed E-state index contributed by atoms with van der Waals surface area (Å²) in [7, 11) is 0. The highest BCUT2D eigenvalue weighted by molar-refractivity contribution is 5.43. The molecule has 1 unspecified atom stereocenters. The molecular formula is C20H18N6. The molecule has 128 valence electrons. The number of hydrogen-bond donors (Lipinski definition) is 1. The van der Waals surface area contributed by atoms with E-state index in [4.69, 9.17) is 5.73 Å². The van der Waals surface area contributed by atoms with E-state index >= 15 is 0 Å². The van der Waals surface area contributed by atoms with Crippen molar-refractivity contribution in [3.8, 4) is 0 Å². The van der Waals surface area contributed by atoms with Crippen molar-refractivity contribution in [2.24, 2.45) is 0 Å². The van der Waals surface area contributed by atoms with Crippen molar-refractivity contribution in [1.29, 1.82) is 0 Å². The Balaban J connectivity index is 1.91. The number of nitrogen functional groups attached to an aromatic ring is 1. The standard InChI is InChI=1S/C20H18N6/c21-18-7-5-15(6-8-18)20(26-12-11-24-25-26)19(16-3-1-9-22-13-16)17-4-2-10-23-14-17/h1-14,19-20H,21H2.